The Kier molecular flexibility index (Phi) is 7.61. The summed E-state index contributed by atoms with van der Waals surface area (Å²) in [5.41, 5.74) is -0.214. The van der Waals surface area contributed by atoms with E-state index in [9.17, 15) is 9.59 Å². The van der Waals surface area contributed by atoms with Crippen molar-refractivity contribution >= 4 is 11.9 Å². The molecule has 1 rings (SSSR count). The first-order chi connectivity index (χ1) is 11.4. The van der Waals surface area contributed by atoms with Crippen LogP contribution in [0.15, 0.2) is 48.1 Å². The van der Waals surface area contributed by atoms with E-state index in [-0.39, 0.29) is 5.92 Å². The molecule has 0 amide bonds. The lowest BCUT2D eigenvalue weighted by molar-refractivity contribution is -0.211. The van der Waals surface area contributed by atoms with Crippen molar-refractivity contribution in [2.45, 2.75) is 32.0 Å². The molecule has 0 heterocycles. The zero-order valence-corrected chi connectivity index (χ0v) is 14.0. The highest BCUT2D eigenvalue weighted by molar-refractivity contribution is 6.12. The number of carbonyl (C=O) groups is 2. The van der Waals surface area contributed by atoms with Gasteiger partial charge in [0.2, 0.25) is 0 Å². The molecule has 0 spiro atoms. The third-order valence-electron chi connectivity index (χ3n) is 3.76. The van der Waals surface area contributed by atoms with E-state index in [1.54, 1.807) is 31.4 Å². The van der Waals surface area contributed by atoms with Gasteiger partial charge in [-0.25, -0.2) is 9.59 Å². The molecular formula is C18H24O6. The molecule has 0 aromatic heterocycles. The molecule has 0 bridgehead atoms. The first kappa shape index (κ1) is 19.9. The highest BCUT2D eigenvalue weighted by Crippen LogP contribution is 2.35. The molecule has 1 aliphatic carbocycles. The monoisotopic (exact) mass is 336 g/mol. The molecule has 2 N–H and O–H groups in total. The van der Waals surface area contributed by atoms with Crippen molar-refractivity contribution in [3.8, 4) is 0 Å². The molecule has 0 radical (unpaired) electrons. The van der Waals surface area contributed by atoms with E-state index in [1.165, 1.54) is 0 Å². The number of carboxylic acids is 2. The molecule has 0 aromatic rings. The van der Waals surface area contributed by atoms with Crippen LogP contribution in [0.2, 0.25) is 0 Å². The number of allylic oxidation sites excluding steroid dienone is 4. The molecule has 0 saturated carbocycles. The van der Waals surface area contributed by atoms with Crippen LogP contribution in [0.25, 0.3) is 0 Å². The van der Waals surface area contributed by atoms with Gasteiger partial charge < -0.3 is 19.7 Å². The van der Waals surface area contributed by atoms with Gasteiger partial charge in [0.05, 0.1) is 6.61 Å². The number of aliphatic carboxylic acids is 2. The summed E-state index contributed by atoms with van der Waals surface area (Å²) >= 11 is 0. The maximum atomic E-state index is 11.0. The largest absolute Gasteiger partial charge is 0.477 e. The first-order valence-corrected chi connectivity index (χ1v) is 7.79. The molecule has 0 aliphatic heterocycles. The molecular weight excluding hydrogens is 312 g/mol. The van der Waals surface area contributed by atoms with E-state index in [0.717, 1.165) is 18.9 Å². The fraction of sp³-hybridized carbons (Fsp3) is 0.444. The minimum Gasteiger partial charge on any atom is -0.477 e. The van der Waals surface area contributed by atoms with Crippen LogP contribution < -0.4 is 0 Å². The van der Waals surface area contributed by atoms with Crippen LogP contribution in [-0.2, 0) is 19.1 Å². The minimum absolute atomic E-state index is 0.239. The van der Waals surface area contributed by atoms with Gasteiger partial charge in [-0.1, -0.05) is 31.6 Å². The van der Waals surface area contributed by atoms with Crippen LogP contribution in [0.1, 0.15) is 26.2 Å². The van der Waals surface area contributed by atoms with Gasteiger partial charge in [0.15, 0.2) is 5.79 Å². The fourth-order valence-electron chi connectivity index (χ4n) is 2.44. The van der Waals surface area contributed by atoms with Gasteiger partial charge in [-0.2, -0.15) is 0 Å². The number of hydrogen-bond donors (Lipinski definition) is 2. The van der Waals surface area contributed by atoms with Gasteiger partial charge >= 0.3 is 11.9 Å². The first-order valence-electron chi connectivity index (χ1n) is 7.79. The van der Waals surface area contributed by atoms with Crippen LogP contribution in [-0.4, -0.2) is 41.7 Å². The van der Waals surface area contributed by atoms with E-state index in [1.807, 2.05) is 0 Å². The highest BCUT2D eigenvalue weighted by atomic mass is 16.7. The smallest absolute Gasteiger partial charge is 0.343 e. The SMILES string of the molecule is C=CCC1C=C(C=C(C(=O)O)C(=O)O)C=CC1(OC)OCCCC. The second kappa shape index (κ2) is 9.20. The summed E-state index contributed by atoms with van der Waals surface area (Å²) in [6.07, 6.45) is 10.3. The second-order valence-electron chi connectivity index (χ2n) is 5.43. The van der Waals surface area contributed by atoms with E-state index in [0.29, 0.717) is 18.6 Å². The number of hydrogen-bond acceptors (Lipinski definition) is 4. The van der Waals surface area contributed by atoms with Crippen molar-refractivity contribution in [3.63, 3.8) is 0 Å². The number of carboxylic acid groups (broad SMARTS) is 2. The number of unbranched alkanes of at least 4 members (excludes halogenated alkanes) is 1. The standard InChI is InChI=1S/C18H24O6/c1-4-6-10-24-18(23-3)9-8-13(11-14(18)7-5-2)12-15(16(19)20)17(21)22/h5,8-9,11-12,14H,2,4,6-7,10H2,1,3H3,(H,19,20)(H,21,22). The lowest BCUT2D eigenvalue weighted by Crippen LogP contribution is -2.42. The summed E-state index contributed by atoms with van der Waals surface area (Å²) in [5, 5.41) is 17.9. The van der Waals surface area contributed by atoms with E-state index in [2.05, 4.69) is 13.5 Å². The molecule has 6 heteroatoms. The Labute approximate surface area is 141 Å². The molecule has 132 valence electrons. The van der Waals surface area contributed by atoms with Crippen LogP contribution in [0.5, 0.6) is 0 Å². The third-order valence-corrected chi connectivity index (χ3v) is 3.76. The molecule has 6 nitrogen and oxygen atoms in total. The average molecular weight is 336 g/mol. The second-order valence-corrected chi connectivity index (χ2v) is 5.43. The van der Waals surface area contributed by atoms with Crippen LogP contribution in [0, 0.1) is 5.92 Å². The van der Waals surface area contributed by atoms with Gasteiger partial charge in [0.1, 0.15) is 5.57 Å². The van der Waals surface area contributed by atoms with Crippen molar-refractivity contribution in [1.29, 1.82) is 0 Å². The summed E-state index contributed by atoms with van der Waals surface area (Å²) < 4.78 is 11.5. The van der Waals surface area contributed by atoms with Crippen LogP contribution in [0.3, 0.4) is 0 Å². The number of methoxy groups -OCH3 is 1. The Hall–Kier alpha value is -2.18. The minimum atomic E-state index is -1.49. The molecule has 1 aliphatic rings. The molecule has 2 unspecified atom stereocenters. The molecule has 24 heavy (non-hydrogen) atoms. The Balaban J connectivity index is 3.14. The summed E-state index contributed by atoms with van der Waals surface area (Å²) in [7, 11) is 1.54. The Bertz CT molecular complexity index is 556. The molecule has 0 aromatic carbocycles. The van der Waals surface area contributed by atoms with Crippen molar-refractivity contribution < 1.29 is 29.3 Å². The average Bonchev–Trinajstić information content (AvgIpc) is 2.54. The molecule has 0 saturated heterocycles. The Morgan fingerprint density at radius 1 is 1.38 bits per heavy atom. The topological polar surface area (TPSA) is 93.1 Å². The normalized spacial score (nSPS) is 22.6. The van der Waals surface area contributed by atoms with Crippen molar-refractivity contribution in [2.24, 2.45) is 5.92 Å². The van der Waals surface area contributed by atoms with Gasteiger partial charge in [0.25, 0.3) is 0 Å². The predicted octanol–water partition coefficient (Wildman–Crippen LogP) is 2.93. The quantitative estimate of drug-likeness (QED) is 0.159. The summed E-state index contributed by atoms with van der Waals surface area (Å²) in [6, 6.07) is 0. The van der Waals surface area contributed by atoms with Crippen LogP contribution in [0.4, 0.5) is 0 Å². The van der Waals surface area contributed by atoms with Crippen molar-refractivity contribution in [1.82, 2.24) is 0 Å². The Morgan fingerprint density at radius 3 is 2.54 bits per heavy atom. The zero-order valence-electron chi connectivity index (χ0n) is 14.0. The van der Waals surface area contributed by atoms with Gasteiger partial charge in [-0.05, 0) is 30.6 Å². The lowest BCUT2D eigenvalue weighted by atomic mass is 9.86. The lowest BCUT2D eigenvalue weighted by Gasteiger charge is -2.37. The summed E-state index contributed by atoms with van der Waals surface area (Å²) in [5.74, 6) is -4.18. The van der Waals surface area contributed by atoms with Crippen LogP contribution >= 0.6 is 0 Å². The molecule has 0 fully saturated rings. The summed E-state index contributed by atoms with van der Waals surface area (Å²) in [6.45, 7) is 6.31. The predicted molar refractivity (Wildman–Crippen MR) is 89.5 cm³/mol. The van der Waals surface area contributed by atoms with Gasteiger partial charge in [-0.15, -0.1) is 6.58 Å². The van der Waals surface area contributed by atoms with E-state index < -0.39 is 23.3 Å². The number of ether oxygens (including phenoxy) is 2. The van der Waals surface area contributed by atoms with E-state index in [4.69, 9.17) is 19.7 Å². The highest BCUT2D eigenvalue weighted by Gasteiger charge is 2.38. The van der Waals surface area contributed by atoms with Crippen molar-refractivity contribution in [2.75, 3.05) is 13.7 Å². The molecule has 2 atom stereocenters. The summed E-state index contributed by atoms with van der Waals surface area (Å²) in [4.78, 5) is 22.0. The zero-order chi connectivity index (χ0) is 18.2. The maximum absolute atomic E-state index is 11.0. The third kappa shape index (κ3) is 4.91. The maximum Gasteiger partial charge on any atom is 0.343 e. The Morgan fingerprint density at radius 2 is 2.04 bits per heavy atom. The van der Waals surface area contributed by atoms with E-state index >= 15 is 0 Å². The number of rotatable bonds is 10. The van der Waals surface area contributed by atoms with Crippen molar-refractivity contribution in [3.05, 3.63) is 48.1 Å². The fourth-order valence-corrected chi connectivity index (χ4v) is 2.44. The van der Waals surface area contributed by atoms with Gasteiger partial charge in [-0.3, -0.25) is 0 Å². The van der Waals surface area contributed by atoms with Gasteiger partial charge in [0, 0.05) is 13.0 Å².